The second-order valence-corrected chi connectivity index (χ2v) is 4.48. The molecule has 0 saturated heterocycles. The number of hydrogen-bond acceptors (Lipinski definition) is 2. The van der Waals surface area contributed by atoms with Crippen molar-refractivity contribution in [2.45, 2.75) is 20.0 Å². The average molecular weight is 268 g/mol. The van der Waals surface area contributed by atoms with E-state index in [0.29, 0.717) is 6.54 Å². The molecule has 3 nitrogen and oxygen atoms in total. The Morgan fingerprint density at radius 1 is 1.39 bits per heavy atom. The molecule has 5 heteroatoms. The first-order valence-corrected chi connectivity index (χ1v) is 6.23. The Balaban J connectivity index is 2.04. The molecular weight excluding hydrogens is 253 g/mol. The molecule has 96 valence electrons. The van der Waals surface area contributed by atoms with Gasteiger partial charge >= 0.3 is 0 Å². The van der Waals surface area contributed by atoms with Gasteiger partial charge in [-0.15, -0.1) is 0 Å². The molecule has 1 aromatic heterocycles. The van der Waals surface area contributed by atoms with E-state index >= 15 is 0 Å². The molecule has 1 N–H and O–H groups in total. The molecule has 2 aromatic rings. The molecule has 0 atom stereocenters. The summed E-state index contributed by atoms with van der Waals surface area (Å²) in [7, 11) is 0. The van der Waals surface area contributed by atoms with Crippen LogP contribution in [0.15, 0.2) is 30.6 Å². The predicted molar refractivity (Wildman–Crippen MR) is 70.1 cm³/mol. The van der Waals surface area contributed by atoms with Crippen LogP contribution in [-0.4, -0.2) is 16.3 Å². The van der Waals surface area contributed by atoms with Crippen LogP contribution in [0.2, 0.25) is 5.02 Å². The van der Waals surface area contributed by atoms with Gasteiger partial charge in [-0.25, -0.2) is 4.39 Å². The van der Waals surface area contributed by atoms with E-state index in [9.17, 15) is 4.39 Å². The summed E-state index contributed by atoms with van der Waals surface area (Å²) in [6.07, 6.45) is 3.77. The number of nitrogens with zero attached hydrogens (tertiary/aromatic N) is 2. The summed E-state index contributed by atoms with van der Waals surface area (Å²) < 4.78 is 15.1. The highest BCUT2D eigenvalue weighted by atomic mass is 35.5. The summed E-state index contributed by atoms with van der Waals surface area (Å²) in [5.74, 6) is -0.394. The molecule has 1 aromatic carbocycles. The van der Waals surface area contributed by atoms with Crippen molar-refractivity contribution in [3.05, 3.63) is 52.6 Å². The van der Waals surface area contributed by atoms with Gasteiger partial charge in [0.05, 0.1) is 17.8 Å². The first-order chi connectivity index (χ1) is 8.69. The summed E-state index contributed by atoms with van der Waals surface area (Å²) in [4.78, 5) is 0. The molecule has 0 radical (unpaired) electrons. The highest BCUT2D eigenvalue weighted by Crippen LogP contribution is 2.16. The molecule has 0 fully saturated rings. The van der Waals surface area contributed by atoms with E-state index in [0.717, 1.165) is 24.2 Å². The van der Waals surface area contributed by atoms with Gasteiger partial charge in [-0.2, -0.15) is 5.10 Å². The van der Waals surface area contributed by atoms with Crippen LogP contribution in [0.1, 0.15) is 18.1 Å². The second kappa shape index (κ2) is 5.98. The number of nitrogens with one attached hydrogen (secondary N) is 1. The van der Waals surface area contributed by atoms with Gasteiger partial charge in [0.2, 0.25) is 0 Å². The average Bonchev–Trinajstić information content (AvgIpc) is 2.79. The molecule has 0 amide bonds. The molecule has 0 spiro atoms. The van der Waals surface area contributed by atoms with Crippen LogP contribution < -0.4 is 5.32 Å². The summed E-state index contributed by atoms with van der Waals surface area (Å²) in [5.41, 5.74) is 1.96. The molecule has 18 heavy (non-hydrogen) atoms. The predicted octanol–water partition coefficient (Wildman–Crippen LogP) is 2.83. The first kappa shape index (κ1) is 13.1. The van der Waals surface area contributed by atoms with Crippen molar-refractivity contribution in [3.63, 3.8) is 0 Å². The van der Waals surface area contributed by atoms with Crippen molar-refractivity contribution < 1.29 is 4.39 Å². The minimum absolute atomic E-state index is 0.145. The molecule has 0 aliphatic carbocycles. The van der Waals surface area contributed by atoms with Gasteiger partial charge in [0.25, 0.3) is 0 Å². The zero-order valence-corrected chi connectivity index (χ0v) is 10.9. The maximum atomic E-state index is 13.3. The molecule has 1 heterocycles. The quantitative estimate of drug-likeness (QED) is 0.903. The highest BCUT2D eigenvalue weighted by molar-refractivity contribution is 6.30. The molecule has 0 aliphatic heterocycles. The topological polar surface area (TPSA) is 29.9 Å². The van der Waals surface area contributed by atoms with E-state index in [-0.39, 0.29) is 5.02 Å². The lowest BCUT2D eigenvalue weighted by atomic mass is 10.2. The van der Waals surface area contributed by atoms with Crippen LogP contribution in [0.3, 0.4) is 0 Å². The Bertz CT molecular complexity index is 525. The number of hydrogen-bond donors (Lipinski definition) is 1. The largest absolute Gasteiger partial charge is 0.313 e. The van der Waals surface area contributed by atoms with Gasteiger partial charge < -0.3 is 5.32 Å². The van der Waals surface area contributed by atoms with Crippen LogP contribution in [0.25, 0.3) is 0 Å². The Morgan fingerprint density at radius 3 is 2.94 bits per heavy atom. The van der Waals surface area contributed by atoms with Gasteiger partial charge in [0.1, 0.15) is 5.82 Å². The SMILES string of the molecule is CCNCc1cnn(Cc2ccc(Cl)c(F)c2)c1. The third-order valence-electron chi connectivity index (χ3n) is 2.59. The third-order valence-corrected chi connectivity index (χ3v) is 2.90. The van der Waals surface area contributed by atoms with Crippen molar-refractivity contribution >= 4 is 11.6 Å². The molecule has 2 rings (SSSR count). The standard InChI is InChI=1S/C13H15ClFN3/c1-2-16-6-11-7-17-18(9-11)8-10-3-4-12(14)13(15)5-10/h3-5,7,9,16H,2,6,8H2,1H3. The lowest BCUT2D eigenvalue weighted by molar-refractivity contribution is 0.619. The monoisotopic (exact) mass is 267 g/mol. The van der Waals surface area contributed by atoms with E-state index in [1.165, 1.54) is 6.07 Å². The lowest BCUT2D eigenvalue weighted by Crippen LogP contribution is -2.11. The number of rotatable bonds is 5. The minimum Gasteiger partial charge on any atom is -0.313 e. The third kappa shape index (κ3) is 3.31. The van der Waals surface area contributed by atoms with Crippen molar-refractivity contribution in [1.29, 1.82) is 0 Å². The van der Waals surface area contributed by atoms with Crippen LogP contribution in [0, 0.1) is 5.82 Å². The zero-order valence-electron chi connectivity index (χ0n) is 10.2. The summed E-state index contributed by atoms with van der Waals surface area (Å²) in [6, 6.07) is 4.81. The van der Waals surface area contributed by atoms with Crippen molar-refractivity contribution in [2.75, 3.05) is 6.54 Å². The maximum absolute atomic E-state index is 13.3. The van der Waals surface area contributed by atoms with Crippen molar-refractivity contribution in [2.24, 2.45) is 0 Å². The van der Waals surface area contributed by atoms with Gasteiger partial charge in [-0.3, -0.25) is 4.68 Å². The number of aromatic nitrogens is 2. The van der Waals surface area contributed by atoms with Crippen LogP contribution >= 0.6 is 11.6 Å². The van der Waals surface area contributed by atoms with Crippen LogP contribution in [0.4, 0.5) is 4.39 Å². The molecule has 0 unspecified atom stereocenters. The first-order valence-electron chi connectivity index (χ1n) is 5.85. The van der Waals surface area contributed by atoms with E-state index in [1.807, 2.05) is 12.4 Å². The van der Waals surface area contributed by atoms with Crippen LogP contribution in [0.5, 0.6) is 0 Å². The second-order valence-electron chi connectivity index (χ2n) is 4.07. The van der Waals surface area contributed by atoms with Crippen molar-refractivity contribution in [3.8, 4) is 0 Å². The smallest absolute Gasteiger partial charge is 0.142 e. The molecular formula is C13H15ClFN3. The summed E-state index contributed by atoms with van der Waals surface area (Å²) >= 11 is 5.64. The van der Waals surface area contributed by atoms with Crippen LogP contribution in [-0.2, 0) is 13.1 Å². The molecule has 0 aliphatic rings. The summed E-state index contributed by atoms with van der Waals surface area (Å²) in [6.45, 7) is 4.32. The summed E-state index contributed by atoms with van der Waals surface area (Å²) in [5, 5.41) is 7.61. The Kier molecular flexibility index (Phi) is 4.33. The maximum Gasteiger partial charge on any atom is 0.142 e. The van der Waals surface area contributed by atoms with Crippen molar-refractivity contribution in [1.82, 2.24) is 15.1 Å². The van der Waals surface area contributed by atoms with E-state index in [2.05, 4.69) is 17.3 Å². The number of benzene rings is 1. The zero-order chi connectivity index (χ0) is 13.0. The highest BCUT2D eigenvalue weighted by Gasteiger charge is 2.03. The van der Waals surface area contributed by atoms with E-state index < -0.39 is 5.82 Å². The Morgan fingerprint density at radius 2 is 2.22 bits per heavy atom. The fourth-order valence-corrected chi connectivity index (χ4v) is 1.80. The Hall–Kier alpha value is -1.39. The normalized spacial score (nSPS) is 10.8. The Labute approximate surface area is 111 Å². The van der Waals surface area contributed by atoms with Gasteiger partial charge in [-0.05, 0) is 24.2 Å². The minimum atomic E-state index is -0.394. The van der Waals surface area contributed by atoms with Gasteiger partial charge in [0, 0.05) is 18.3 Å². The van der Waals surface area contributed by atoms with Gasteiger partial charge in [0.15, 0.2) is 0 Å². The fraction of sp³-hybridized carbons (Fsp3) is 0.308. The lowest BCUT2D eigenvalue weighted by Gasteiger charge is -2.03. The number of halogens is 2. The van der Waals surface area contributed by atoms with E-state index in [1.54, 1.807) is 16.8 Å². The fourth-order valence-electron chi connectivity index (χ4n) is 1.68. The van der Waals surface area contributed by atoms with Gasteiger partial charge in [-0.1, -0.05) is 24.6 Å². The molecule has 0 saturated carbocycles. The van der Waals surface area contributed by atoms with E-state index in [4.69, 9.17) is 11.6 Å². The molecule has 0 bridgehead atoms.